The van der Waals surface area contributed by atoms with Gasteiger partial charge in [-0.2, -0.15) is 0 Å². The molecule has 1 atom stereocenters. The zero-order valence-electron chi connectivity index (χ0n) is 15.0. The lowest BCUT2D eigenvalue weighted by Gasteiger charge is -2.43. The largest absolute Gasteiger partial charge is 0.497 e. The fourth-order valence-electron chi connectivity index (χ4n) is 4.39. The third kappa shape index (κ3) is 3.30. The van der Waals surface area contributed by atoms with Crippen LogP contribution in [0, 0.1) is 0 Å². The van der Waals surface area contributed by atoms with Crippen LogP contribution in [0.15, 0.2) is 24.3 Å². The molecule has 0 spiro atoms. The van der Waals surface area contributed by atoms with Crippen LogP contribution in [0.25, 0.3) is 0 Å². The van der Waals surface area contributed by atoms with Crippen molar-refractivity contribution in [2.75, 3.05) is 27.2 Å². The number of nitrogens with zero attached hydrogens (tertiary/aromatic N) is 1. The Morgan fingerprint density at radius 3 is 2.50 bits per heavy atom. The van der Waals surface area contributed by atoms with Gasteiger partial charge in [0.2, 0.25) is 5.91 Å². The molecule has 1 unspecified atom stereocenters. The number of benzene rings is 1. The fraction of sp³-hybridized carbons (Fsp3) is 0.650. The van der Waals surface area contributed by atoms with Crippen LogP contribution < -0.4 is 10.1 Å². The van der Waals surface area contributed by atoms with Crippen molar-refractivity contribution in [3.63, 3.8) is 0 Å². The van der Waals surface area contributed by atoms with Gasteiger partial charge in [-0.25, -0.2) is 0 Å². The van der Waals surface area contributed by atoms with Crippen molar-refractivity contribution in [2.45, 2.75) is 56.4 Å². The van der Waals surface area contributed by atoms with E-state index in [0.29, 0.717) is 11.9 Å². The minimum Gasteiger partial charge on any atom is -0.497 e. The molecule has 3 rings (SSSR count). The van der Waals surface area contributed by atoms with Crippen LogP contribution in [-0.4, -0.2) is 44.1 Å². The van der Waals surface area contributed by atoms with Crippen LogP contribution in [-0.2, 0) is 10.2 Å². The second-order valence-electron chi connectivity index (χ2n) is 7.25. The van der Waals surface area contributed by atoms with Crippen LogP contribution in [0.5, 0.6) is 5.75 Å². The van der Waals surface area contributed by atoms with E-state index >= 15 is 0 Å². The van der Waals surface area contributed by atoms with Crippen LogP contribution in [0.1, 0.15) is 50.5 Å². The van der Waals surface area contributed by atoms with E-state index in [9.17, 15) is 4.79 Å². The molecule has 1 N–H and O–H groups in total. The molecule has 0 bridgehead atoms. The summed E-state index contributed by atoms with van der Waals surface area (Å²) in [5.41, 5.74) is 0.833. The second kappa shape index (κ2) is 7.56. The van der Waals surface area contributed by atoms with Gasteiger partial charge in [0.05, 0.1) is 12.5 Å². The molecule has 1 aromatic rings. The molecule has 2 aliphatic rings. The van der Waals surface area contributed by atoms with Gasteiger partial charge in [-0.3, -0.25) is 4.79 Å². The molecular formula is C20H30N2O2. The van der Waals surface area contributed by atoms with Gasteiger partial charge in [-0.1, -0.05) is 31.4 Å². The molecule has 1 amide bonds. The average molecular weight is 330 g/mol. The van der Waals surface area contributed by atoms with Gasteiger partial charge in [-0.15, -0.1) is 0 Å². The number of amides is 1. The minimum absolute atomic E-state index is 0.333. The summed E-state index contributed by atoms with van der Waals surface area (Å²) in [6.07, 6.45) is 7.72. The van der Waals surface area contributed by atoms with E-state index in [0.717, 1.165) is 57.4 Å². The number of carbonyl (C=O) groups excluding carboxylic acids is 1. The Labute approximate surface area is 145 Å². The number of carbonyl (C=O) groups is 1. The predicted octanol–water partition coefficient (Wildman–Crippen LogP) is 3.11. The van der Waals surface area contributed by atoms with Crippen LogP contribution >= 0.6 is 0 Å². The zero-order chi connectivity index (χ0) is 17.0. The standard InChI is InChI=1S/C20H30N2O2/c1-21-17-7-6-14-22(15-17)19(23)20(12-4-3-5-13-20)16-8-10-18(24-2)11-9-16/h8-11,17,21H,3-7,12-15H2,1-2H3. The van der Waals surface area contributed by atoms with Crippen molar-refractivity contribution in [3.8, 4) is 5.75 Å². The summed E-state index contributed by atoms with van der Waals surface area (Å²) in [4.78, 5) is 15.7. The zero-order valence-corrected chi connectivity index (χ0v) is 15.0. The van der Waals surface area contributed by atoms with E-state index in [1.165, 1.54) is 12.0 Å². The number of nitrogens with one attached hydrogen (secondary N) is 1. The monoisotopic (exact) mass is 330 g/mol. The number of ether oxygens (including phenoxy) is 1. The number of hydrogen-bond acceptors (Lipinski definition) is 3. The van der Waals surface area contributed by atoms with Crippen molar-refractivity contribution in [1.29, 1.82) is 0 Å². The third-order valence-electron chi connectivity index (χ3n) is 5.88. The molecule has 0 radical (unpaired) electrons. The Kier molecular flexibility index (Phi) is 5.44. The smallest absolute Gasteiger partial charge is 0.233 e. The Balaban J connectivity index is 1.88. The van der Waals surface area contributed by atoms with E-state index in [-0.39, 0.29) is 5.41 Å². The summed E-state index contributed by atoms with van der Waals surface area (Å²) >= 11 is 0. The molecule has 4 nitrogen and oxygen atoms in total. The highest BCUT2D eigenvalue weighted by Crippen LogP contribution is 2.42. The number of likely N-dealkylation sites (N-methyl/N-ethyl adjacent to an activating group) is 1. The maximum Gasteiger partial charge on any atom is 0.233 e. The van der Waals surface area contributed by atoms with Gasteiger partial charge in [0.25, 0.3) is 0 Å². The lowest BCUT2D eigenvalue weighted by molar-refractivity contribution is -0.140. The lowest BCUT2D eigenvalue weighted by atomic mass is 9.68. The number of rotatable bonds is 4. The maximum absolute atomic E-state index is 13.6. The van der Waals surface area contributed by atoms with Gasteiger partial charge >= 0.3 is 0 Å². The van der Waals surface area contributed by atoms with Crippen molar-refractivity contribution < 1.29 is 9.53 Å². The van der Waals surface area contributed by atoms with Crippen LogP contribution in [0.3, 0.4) is 0 Å². The first-order chi connectivity index (χ1) is 11.7. The fourth-order valence-corrected chi connectivity index (χ4v) is 4.39. The molecule has 2 fully saturated rings. The molecular weight excluding hydrogens is 300 g/mol. The summed E-state index contributed by atoms with van der Waals surface area (Å²) in [6, 6.07) is 8.61. The van der Waals surface area contributed by atoms with Crippen molar-refractivity contribution in [1.82, 2.24) is 10.2 Å². The van der Waals surface area contributed by atoms with Crippen molar-refractivity contribution in [3.05, 3.63) is 29.8 Å². The molecule has 1 aliphatic carbocycles. The summed E-state index contributed by atoms with van der Waals surface area (Å²) in [5.74, 6) is 1.19. The number of methoxy groups -OCH3 is 1. The Morgan fingerprint density at radius 2 is 1.88 bits per heavy atom. The number of hydrogen-bond donors (Lipinski definition) is 1. The predicted molar refractivity (Wildman–Crippen MR) is 96.4 cm³/mol. The normalized spacial score (nSPS) is 23.8. The van der Waals surface area contributed by atoms with Gasteiger partial charge in [0.1, 0.15) is 5.75 Å². The van der Waals surface area contributed by atoms with Crippen molar-refractivity contribution in [2.24, 2.45) is 0 Å². The van der Waals surface area contributed by atoms with E-state index in [1.54, 1.807) is 7.11 Å². The minimum atomic E-state index is -0.333. The third-order valence-corrected chi connectivity index (χ3v) is 5.88. The Morgan fingerprint density at radius 1 is 1.17 bits per heavy atom. The molecule has 4 heteroatoms. The Hall–Kier alpha value is -1.55. The molecule has 1 saturated heterocycles. The summed E-state index contributed by atoms with van der Waals surface area (Å²) in [7, 11) is 3.68. The topological polar surface area (TPSA) is 41.6 Å². The van der Waals surface area contributed by atoms with Gasteiger partial charge in [-0.05, 0) is 50.4 Å². The maximum atomic E-state index is 13.6. The first-order valence-electron chi connectivity index (χ1n) is 9.31. The summed E-state index contributed by atoms with van der Waals surface area (Å²) < 4.78 is 5.29. The van der Waals surface area contributed by atoms with Crippen LogP contribution in [0.2, 0.25) is 0 Å². The Bertz CT molecular complexity index is 549. The van der Waals surface area contributed by atoms with Crippen molar-refractivity contribution >= 4 is 5.91 Å². The molecule has 1 aliphatic heterocycles. The highest BCUT2D eigenvalue weighted by molar-refractivity contribution is 5.88. The van der Waals surface area contributed by atoms with E-state index in [1.807, 2.05) is 19.2 Å². The SMILES string of the molecule is CNC1CCCN(C(=O)C2(c3ccc(OC)cc3)CCCCC2)C1. The second-order valence-corrected chi connectivity index (χ2v) is 7.25. The lowest BCUT2D eigenvalue weighted by Crippen LogP contribution is -2.54. The van der Waals surface area contributed by atoms with Crippen LogP contribution in [0.4, 0.5) is 0 Å². The number of piperidine rings is 1. The van der Waals surface area contributed by atoms with Gasteiger partial charge in [0.15, 0.2) is 0 Å². The van der Waals surface area contributed by atoms with E-state index in [4.69, 9.17) is 4.74 Å². The van der Waals surface area contributed by atoms with E-state index < -0.39 is 0 Å². The molecule has 1 aromatic carbocycles. The first-order valence-corrected chi connectivity index (χ1v) is 9.31. The highest BCUT2D eigenvalue weighted by atomic mass is 16.5. The average Bonchev–Trinajstić information content (AvgIpc) is 2.68. The summed E-state index contributed by atoms with van der Waals surface area (Å²) in [5, 5.41) is 3.35. The highest BCUT2D eigenvalue weighted by Gasteiger charge is 2.44. The van der Waals surface area contributed by atoms with Gasteiger partial charge < -0.3 is 15.0 Å². The number of likely N-dealkylation sites (tertiary alicyclic amines) is 1. The molecule has 0 aromatic heterocycles. The summed E-state index contributed by atoms with van der Waals surface area (Å²) in [6.45, 7) is 1.74. The quantitative estimate of drug-likeness (QED) is 0.922. The molecule has 1 heterocycles. The van der Waals surface area contributed by atoms with E-state index in [2.05, 4.69) is 22.3 Å². The first kappa shape index (κ1) is 17.3. The molecule has 132 valence electrons. The molecule has 24 heavy (non-hydrogen) atoms. The van der Waals surface area contributed by atoms with Gasteiger partial charge in [0, 0.05) is 19.1 Å². The molecule has 1 saturated carbocycles.